The van der Waals surface area contributed by atoms with Crippen LogP contribution in [0.25, 0.3) is 10.8 Å². The van der Waals surface area contributed by atoms with Crippen molar-refractivity contribution in [3.8, 4) is 0 Å². The Morgan fingerprint density at radius 1 is 0.778 bits per heavy atom. The van der Waals surface area contributed by atoms with Gasteiger partial charge in [0.25, 0.3) is 0 Å². The molecule has 3 rings (SSSR count). The number of hydrogen-bond acceptors (Lipinski definition) is 1. The zero-order valence-electron chi connectivity index (χ0n) is 11.8. The zero-order chi connectivity index (χ0) is 14.0. The summed E-state index contributed by atoms with van der Waals surface area (Å²) in [5, 5.41) is 6.92. The highest BCUT2D eigenvalue weighted by atomic mass is 16.3. The molecule has 88 valence electrons. The third kappa shape index (κ3) is 2.01. The van der Waals surface area contributed by atoms with Crippen molar-refractivity contribution in [2.45, 2.75) is 6.08 Å². The Morgan fingerprint density at radius 2 is 1.50 bits per heavy atom. The van der Waals surface area contributed by atoms with Gasteiger partial charge >= 0.3 is 0 Å². The smallest absolute Gasteiger partial charge is 0.211 e. The van der Waals surface area contributed by atoms with Crippen LogP contribution in [-0.2, 0) is 0 Å². The maximum atomic E-state index is 8.52. The zero-order valence-corrected chi connectivity index (χ0v) is 9.84. The Labute approximate surface area is 109 Å². The standard InChI is InChI=1S/C17H14O/c18-17(14-7-2-1-3-8-14)16-11-10-13-6-4-5-9-15(13)12-16/h1-12,17-18H/i17D,18D. The first-order valence-electron chi connectivity index (χ1n) is 6.84. The van der Waals surface area contributed by atoms with Crippen molar-refractivity contribution < 1.29 is 6.48 Å². The van der Waals surface area contributed by atoms with Crippen molar-refractivity contribution in [2.75, 3.05) is 0 Å². The Hall–Kier alpha value is -2.12. The molecule has 1 unspecified atom stereocenters. The number of benzene rings is 3. The van der Waals surface area contributed by atoms with Gasteiger partial charge in [0.15, 0.2) is 0 Å². The highest BCUT2D eigenvalue weighted by Crippen LogP contribution is 2.25. The number of aliphatic hydroxyl groups is 1. The van der Waals surface area contributed by atoms with Crippen LogP contribution < -0.4 is 0 Å². The lowest BCUT2D eigenvalue weighted by atomic mass is 9.99. The molecule has 0 aromatic heterocycles. The van der Waals surface area contributed by atoms with Gasteiger partial charge in [-0.1, -0.05) is 66.7 Å². The molecule has 1 atom stereocenters. The van der Waals surface area contributed by atoms with E-state index in [1.807, 2.05) is 60.7 Å². The van der Waals surface area contributed by atoms with Crippen LogP contribution in [0.4, 0.5) is 0 Å². The topological polar surface area (TPSA) is 20.2 Å². The van der Waals surface area contributed by atoms with Crippen molar-refractivity contribution in [1.29, 1.82) is 1.43 Å². The molecule has 0 saturated carbocycles. The summed E-state index contributed by atoms with van der Waals surface area (Å²) in [7, 11) is 0. The SMILES string of the molecule is [2H]OC([2H])(c1ccccc1)c1ccc2ccccc2c1. The normalized spacial score (nSPS) is 15.8. The average Bonchev–Trinajstić information content (AvgIpc) is 2.54. The first kappa shape index (κ1) is 8.90. The van der Waals surface area contributed by atoms with Gasteiger partial charge in [-0.25, -0.2) is 0 Å². The van der Waals surface area contributed by atoms with E-state index < -0.39 is 6.08 Å². The molecular weight excluding hydrogens is 220 g/mol. The minimum Gasteiger partial charge on any atom is -0.384 e. The van der Waals surface area contributed by atoms with Gasteiger partial charge in [0.05, 0.1) is 1.37 Å². The van der Waals surface area contributed by atoms with Crippen molar-refractivity contribution in [2.24, 2.45) is 0 Å². The number of fused-ring (bicyclic) bond motifs is 1. The highest BCUT2D eigenvalue weighted by Gasteiger charge is 2.09. The minimum absolute atomic E-state index is 0.644. The van der Waals surface area contributed by atoms with E-state index in [0.29, 0.717) is 11.1 Å². The van der Waals surface area contributed by atoms with E-state index in [-0.39, 0.29) is 0 Å². The molecule has 0 aliphatic rings. The van der Waals surface area contributed by atoms with Gasteiger partial charge in [0.2, 0.25) is 1.43 Å². The summed E-state index contributed by atoms with van der Waals surface area (Å²) < 4.78 is 15.9. The van der Waals surface area contributed by atoms with Crippen LogP contribution in [0.3, 0.4) is 0 Å². The fourth-order valence-electron chi connectivity index (χ4n) is 2.09. The molecule has 0 heterocycles. The van der Waals surface area contributed by atoms with Crippen LogP contribution in [-0.4, -0.2) is 6.54 Å². The molecule has 0 spiro atoms. The van der Waals surface area contributed by atoms with E-state index in [1.165, 1.54) is 0 Å². The average molecular weight is 236 g/mol. The van der Waals surface area contributed by atoms with E-state index in [9.17, 15) is 0 Å². The molecule has 1 nitrogen and oxygen atoms in total. The summed E-state index contributed by atoms with van der Waals surface area (Å²) in [5.41, 5.74) is 1.29. The van der Waals surface area contributed by atoms with Gasteiger partial charge in [-0.15, -0.1) is 0 Å². The van der Waals surface area contributed by atoms with Gasteiger partial charge in [-0.3, -0.25) is 0 Å². The van der Waals surface area contributed by atoms with Crippen LogP contribution in [0.5, 0.6) is 0 Å². The van der Waals surface area contributed by atoms with E-state index in [0.717, 1.165) is 10.8 Å². The fourth-order valence-corrected chi connectivity index (χ4v) is 2.09. The predicted octanol–water partition coefficient (Wildman–Crippen LogP) is 3.92. The highest BCUT2D eigenvalue weighted by molar-refractivity contribution is 5.83. The summed E-state index contributed by atoms with van der Waals surface area (Å²) in [6.07, 6.45) is -1.51. The summed E-state index contributed by atoms with van der Waals surface area (Å²) >= 11 is 0. The predicted molar refractivity (Wildman–Crippen MR) is 74.5 cm³/mol. The van der Waals surface area contributed by atoms with E-state index >= 15 is 0 Å². The summed E-state index contributed by atoms with van der Waals surface area (Å²) in [6.45, 7) is 0. The van der Waals surface area contributed by atoms with Gasteiger partial charge < -0.3 is 5.11 Å². The van der Waals surface area contributed by atoms with Gasteiger partial charge in [0.1, 0.15) is 6.08 Å². The fraction of sp³-hybridized carbons (Fsp3) is 0.0588. The lowest BCUT2D eigenvalue weighted by molar-refractivity contribution is 0.220. The maximum absolute atomic E-state index is 8.52. The van der Waals surface area contributed by atoms with Gasteiger partial charge in [0, 0.05) is 0 Å². The molecule has 0 saturated heterocycles. The van der Waals surface area contributed by atoms with E-state index in [1.54, 1.807) is 12.1 Å². The molecule has 1 heteroatoms. The molecule has 0 aliphatic carbocycles. The Kier molecular flexibility index (Phi) is 2.29. The second-order valence-corrected chi connectivity index (χ2v) is 4.26. The number of rotatable bonds is 3. The summed E-state index contributed by atoms with van der Waals surface area (Å²) in [4.78, 5) is 0. The first-order chi connectivity index (χ1) is 9.74. The van der Waals surface area contributed by atoms with Crippen molar-refractivity contribution in [3.05, 3.63) is 83.9 Å². The van der Waals surface area contributed by atoms with Gasteiger partial charge in [-0.2, -0.15) is 0 Å². The van der Waals surface area contributed by atoms with Crippen molar-refractivity contribution in [3.63, 3.8) is 0 Å². The quantitative estimate of drug-likeness (QED) is 0.730. The van der Waals surface area contributed by atoms with Crippen molar-refractivity contribution >= 4 is 10.8 Å². The lowest BCUT2D eigenvalue weighted by Gasteiger charge is -2.12. The van der Waals surface area contributed by atoms with Crippen molar-refractivity contribution in [1.82, 2.24) is 0 Å². The molecule has 0 bridgehead atoms. The molecule has 1 N–H and O–H groups in total. The largest absolute Gasteiger partial charge is 0.384 e. The maximum Gasteiger partial charge on any atom is 0.211 e. The van der Waals surface area contributed by atoms with Gasteiger partial charge in [-0.05, 0) is 28.0 Å². The summed E-state index contributed by atoms with van der Waals surface area (Å²) in [5.74, 6) is 0. The van der Waals surface area contributed by atoms with E-state index in [2.05, 4.69) is 0 Å². The second-order valence-electron chi connectivity index (χ2n) is 4.26. The third-order valence-corrected chi connectivity index (χ3v) is 3.05. The molecule has 0 aliphatic heterocycles. The Bertz CT molecular complexity index is 727. The monoisotopic (exact) mass is 236 g/mol. The van der Waals surface area contributed by atoms with Crippen LogP contribution >= 0.6 is 0 Å². The number of hydrogen-bond donors (Lipinski definition) is 1. The summed E-state index contributed by atoms with van der Waals surface area (Å²) in [6, 6.07) is 22.8. The van der Waals surface area contributed by atoms with Crippen LogP contribution in [0.15, 0.2) is 72.8 Å². The molecule has 3 aromatic rings. The lowest BCUT2D eigenvalue weighted by Crippen LogP contribution is -1.98. The molecular formula is C17H14O. The van der Waals surface area contributed by atoms with Crippen LogP contribution in [0.2, 0.25) is 0 Å². The molecule has 0 fully saturated rings. The molecule has 3 aromatic carbocycles. The molecule has 18 heavy (non-hydrogen) atoms. The third-order valence-electron chi connectivity index (χ3n) is 3.05. The van der Waals surface area contributed by atoms with E-state index in [4.69, 9.17) is 7.91 Å². The van der Waals surface area contributed by atoms with Crippen LogP contribution in [0, 0.1) is 0 Å². The first-order valence-corrected chi connectivity index (χ1v) is 5.93. The molecule has 0 radical (unpaired) electrons. The Balaban J connectivity index is 2.16. The van der Waals surface area contributed by atoms with Crippen LogP contribution in [0.1, 0.15) is 18.6 Å². The molecule has 0 amide bonds. The Morgan fingerprint density at radius 3 is 2.28 bits per heavy atom. The second kappa shape index (κ2) is 4.63. The minimum atomic E-state index is -1.51.